The first-order valence-electron chi connectivity index (χ1n) is 16.6. The van der Waals surface area contributed by atoms with Gasteiger partial charge in [-0.15, -0.1) is 0 Å². The minimum Gasteiger partial charge on any atom is -0.309 e. The van der Waals surface area contributed by atoms with E-state index in [0.29, 0.717) is 16.1 Å². The van der Waals surface area contributed by atoms with Crippen LogP contribution in [0.25, 0.3) is 38.6 Å². The number of aromatic nitrogens is 1. The van der Waals surface area contributed by atoms with Gasteiger partial charge in [-0.3, -0.25) is 0 Å². The van der Waals surface area contributed by atoms with Crippen molar-refractivity contribution in [2.75, 3.05) is 0 Å². The van der Waals surface area contributed by atoms with Crippen LogP contribution < -0.4 is 0 Å². The van der Waals surface area contributed by atoms with E-state index in [2.05, 4.69) is 100 Å². The molecule has 0 unspecified atom stereocenters. The molecule has 252 valence electrons. The average Bonchev–Trinajstić information content (AvgIpc) is 3.71. The SMILES string of the molecule is Cc1ccccc1.Clc1ccc2c(c1)Cc1ccccc1-2.N#Cc1ccc(-n2c3ccccc3c3ccc(Cl)cc32)cc1.N#Cc1ccc(Br)cc1. The third kappa shape index (κ3) is 8.63. The topological polar surface area (TPSA) is 52.5 Å². The summed E-state index contributed by atoms with van der Waals surface area (Å²) in [5.74, 6) is 0. The number of nitriles is 2. The zero-order chi connectivity index (χ0) is 36.5. The molecule has 1 aromatic heterocycles. The minimum atomic E-state index is 0.655. The van der Waals surface area contributed by atoms with E-state index in [9.17, 15) is 0 Å². The molecule has 0 N–H and O–H groups in total. The van der Waals surface area contributed by atoms with Crippen LogP contribution in [0.2, 0.25) is 10.0 Å². The second-order valence-corrected chi connectivity index (χ2v) is 13.9. The Bertz CT molecular complexity index is 2540. The molecule has 0 radical (unpaired) electrons. The van der Waals surface area contributed by atoms with Gasteiger partial charge in [0.1, 0.15) is 0 Å². The van der Waals surface area contributed by atoms with E-state index >= 15 is 0 Å². The summed E-state index contributed by atoms with van der Waals surface area (Å²) in [6, 6.07) is 58.2. The summed E-state index contributed by atoms with van der Waals surface area (Å²) in [5.41, 5.74) is 11.3. The van der Waals surface area contributed by atoms with Crippen molar-refractivity contribution in [3.63, 3.8) is 0 Å². The van der Waals surface area contributed by atoms with E-state index in [-0.39, 0.29) is 0 Å². The Balaban J connectivity index is 0.000000132. The van der Waals surface area contributed by atoms with Crippen molar-refractivity contribution in [2.45, 2.75) is 13.3 Å². The van der Waals surface area contributed by atoms with Crippen molar-refractivity contribution < 1.29 is 0 Å². The zero-order valence-electron chi connectivity index (χ0n) is 28.3. The van der Waals surface area contributed by atoms with E-state index in [1.54, 1.807) is 12.1 Å². The molecule has 52 heavy (non-hydrogen) atoms. The highest BCUT2D eigenvalue weighted by atomic mass is 79.9. The molecule has 0 saturated heterocycles. The predicted octanol–water partition coefficient (Wildman–Crippen LogP) is 13.5. The van der Waals surface area contributed by atoms with E-state index < -0.39 is 0 Å². The van der Waals surface area contributed by atoms with Crippen molar-refractivity contribution in [1.29, 1.82) is 10.5 Å². The number of aryl methyl sites for hydroxylation is 1. The molecule has 3 nitrogen and oxygen atoms in total. The predicted molar refractivity (Wildman–Crippen MR) is 220 cm³/mol. The van der Waals surface area contributed by atoms with Crippen molar-refractivity contribution in [1.82, 2.24) is 4.57 Å². The Morgan fingerprint density at radius 3 is 1.77 bits per heavy atom. The Labute approximate surface area is 322 Å². The highest BCUT2D eigenvalue weighted by Crippen LogP contribution is 2.37. The van der Waals surface area contributed by atoms with Crippen LogP contribution in [0.1, 0.15) is 27.8 Å². The summed E-state index contributed by atoms with van der Waals surface area (Å²) in [6.45, 7) is 2.08. The number of rotatable bonds is 1. The molecule has 0 fully saturated rings. The van der Waals surface area contributed by atoms with E-state index in [4.69, 9.17) is 33.7 Å². The number of fused-ring (bicyclic) bond motifs is 6. The van der Waals surface area contributed by atoms with Gasteiger partial charge in [0.2, 0.25) is 0 Å². The van der Waals surface area contributed by atoms with Crippen LogP contribution in [0.5, 0.6) is 0 Å². The molecule has 0 amide bonds. The van der Waals surface area contributed by atoms with Crippen LogP contribution >= 0.6 is 39.1 Å². The van der Waals surface area contributed by atoms with Crippen LogP contribution in [0.3, 0.4) is 0 Å². The molecular formula is C46H32BrCl2N3. The van der Waals surface area contributed by atoms with Gasteiger partial charge in [-0.05, 0) is 114 Å². The Morgan fingerprint density at radius 2 is 1.10 bits per heavy atom. The number of hydrogen-bond donors (Lipinski definition) is 0. The maximum atomic E-state index is 8.96. The highest BCUT2D eigenvalue weighted by Gasteiger charge is 2.17. The number of nitrogens with zero attached hydrogens (tertiary/aromatic N) is 3. The molecule has 0 spiro atoms. The maximum absolute atomic E-state index is 8.96. The quantitative estimate of drug-likeness (QED) is 0.167. The third-order valence-corrected chi connectivity index (χ3v) is 9.56. The third-order valence-electron chi connectivity index (χ3n) is 8.56. The zero-order valence-corrected chi connectivity index (χ0v) is 31.4. The molecule has 1 heterocycles. The number of hydrogen-bond acceptors (Lipinski definition) is 2. The largest absolute Gasteiger partial charge is 0.309 e. The summed E-state index contributed by atoms with van der Waals surface area (Å²) in [7, 11) is 0. The smallest absolute Gasteiger partial charge is 0.0991 e. The van der Waals surface area contributed by atoms with E-state index in [1.165, 1.54) is 38.6 Å². The van der Waals surface area contributed by atoms with Gasteiger partial charge < -0.3 is 4.57 Å². The molecule has 0 saturated carbocycles. The van der Waals surface area contributed by atoms with Gasteiger partial charge in [0.15, 0.2) is 0 Å². The van der Waals surface area contributed by atoms with Crippen molar-refractivity contribution in [3.8, 4) is 29.0 Å². The molecule has 8 aromatic rings. The normalized spacial score (nSPS) is 10.6. The molecule has 0 aliphatic heterocycles. The van der Waals surface area contributed by atoms with E-state index in [1.807, 2.05) is 91.0 Å². The van der Waals surface area contributed by atoms with Gasteiger partial charge in [0.25, 0.3) is 0 Å². The van der Waals surface area contributed by atoms with Gasteiger partial charge in [0.05, 0.1) is 34.3 Å². The Kier molecular flexibility index (Phi) is 11.9. The Hall–Kier alpha value is -5.62. The summed E-state index contributed by atoms with van der Waals surface area (Å²) in [4.78, 5) is 0. The summed E-state index contributed by atoms with van der Waals surface area (Å²) >= 11 is 15.4. The number of benzene rings is 7. The minimum absolute atomic E-state index is 0.655. The average molecular weight is 778 g/mol. The standard InChI is InChI=1S/C19H11ClN2.C13H9Cl.C7H4BrN.C7H8/c20-14-7-10-17-16-3-1-2-4-18(16)22(19(17)11-14)15-8-5-13(12-21)6-9-15;14-11-5-6-13-10(8-11)7-9-3-1-2-4-12(9)13;8-7-3-1-6(5-9)2-4-7;1-7-5-3-2-4-6-7/h1-11H;1-6,8H,7H2;1-4H;2-6H,1H3. The second-order valence-electron chi connectivity index (χ2n) is 12.1. The van der Waals surface area contributed by atoms with Crippen molar-refractivity contribution in [2.24, 2.45) is 0 Å². The molecule has 6 heteroatoms. The van der Waals surface area contributed by atoms with Crippen LogP contribution in [-0.2, 0) is 6.42 Å². The summed E-state index contributed by atoms with van der Waals surface area (Å²) in [6.07, 6.45) is 1.02. The molecule has 7 aromatic carbocycles. The van der Waals surface area contributed by atoms with Crippen LogP contribution in [0.15, 0.2) is 168 Å². The molecular weight excluding hydrogens is 745 g/mol. The van der Waals surface area contributed by atoms with Gasteiger partial charge in [0, 0.05) is 31.0 Å². The monoisotopic (exact) mass is 775 g/mol. The van der Waals surface area contributed by atoms with Crippen LogP contribution in [0.4, 0.5) is 0 Å². The van der Waals surface area contributed by atoms with Crippen molar-refractivity contribution >= 4 is 60.9 Å². The van der Waals surface area contributed by atoms with Crippen LogP contribution in [0, 0.1) is 29.6 Å². The summed E-state index contributed by atoms with van der Waals surface area (Å²) in [5, 5.41) is 21.2. The molecule has 1 aliphatic carbocycles. The van der Waals surface area contributed by atoms with Gasteiger partial charge >= 0.3 is 0 Å². The number of para-hydroxylation sites is 1. The fraction of sp³-hybridized carbons (Fsp3) is 0.0435. The second kappa shape index (κ2) is 17.1. The van der Waals surface area contributed by atoms with Gasteiger partial charge in [-0.25, -0.2) is 0 Å². The lowest BCUT2D eigenvalue weighted by molar-refractivity contribution is 1.18. The van der Waals surface area contributed by atoms with E-state index in [0.717, 1.165) is 32.6 Å². The fourth-order valence-electron chi connectivity index (χ4n) is 6.08. The van der Waals surface area contributed by atoms with Crippen molar-refractivity contribution in [3.05, 3.63) is 206 Å². The molecule has 1 aliphatic rings. The first-order valence-corrected chi connectivity index (χ1v) is 18.1. The first-order chi connectivity index (χ1) is 25.3. The Morgan fingerprint density at radius 1 is 0.538 bits per heavy atom. The first kappa shape index (κ1) is 36.2. The van der Waals surface area contributed by atoms with Gasteiger partial charge in [-0.1, -0.05) is 130 Å². The molecule has 0 atom stereocenters. The molecule has 9 rings (SSSR count). The van der Waals surface area contributed by atoms with Gasteiger partial charge in [-0.2, -0.15) is 10.5 Å². The summed E-state index contributed by atoms with van der Waals surface area (Å²) < 4.78 is 3.18. The number of halogens is 3. The fourth-order valence-corrected chi connectivity index (χ4v) is 6.70. The van der Waals surface area contributed by atoms with Crippen LogP contribution in [-0.4, -0.2) is 4.57 Å². The lowest BCUT2D eigenvalue weighted by atomic mass is 10.1. The maximum Gasteiger partial charge on any atom is 0.0991 e. The molecule has 0 bridgehead atoms. The lowest BCUT2D eigenvalue weighted by Crippen LogP contribution is -1.93. The lowest BCUT2D eigenvalue weighted by Gasteiger charge is -2.07. The highest BCUT2D eigenvalue weighted by molar-refractivity contribution is 9.10.